The second kappa shape index (κ2) is 7.06. The van der Waals surface area contributed by atoms with Gasteiger partial charge in [0.15, 0.2) is 5.11 Å². The van der Waals surface area contributed by atoms with E-state index in [1.165, 1.54) is 63.4 Å². The van der Waals surface area contributed by atoms with E-state index in [0.29, 0.717) is 11.7 Å². The van der Waals surface area contributed by atoms with E-state index in [2.05, 4.69) is 16.7 Å². The Bertz CT molecular complexity index is 623. The molecule has 1 aliphatic heterocycles. The van der Waals surface area contributed by atoms with Crippen molar-refractivity contribution in [1.29, 1.82) is 0 Å². The van der Waals surface area contributed by atoms with Crippen LogP contribution in [0, 0.1) is 23.7 Å². The van der Waals surface area contributed by atoms with Gasteiger partial charge in [0.05, 0.1) is 6.54 Å². The van der Waals surface area contributed by atoms with Crippen LogP contribution in [0.5, 0.6) is 0 Å². The summed E-state index contributed by atoms with van der Waals surface area (Å²) in [6.07, 6.45) is 15.4. The molecule has 5 aliphatic carbocycles. The number of likely N-dealkylation sites (tertiary alicyclic amines) is 1. The molecule has 2 N–H and O–H groups in total. The number of nitrogens with one attached hydrogen (secondary N) is 2. The van der Waals surface area contributed by atoms with Crippen molar-refractivity contribution in [2.45, 2.75) is 69.7 Å². The highest BCUT2D eigenvalue weighted by atomic mass is 32.1. The second-order valence-corrected chi connectivity index (χ2v) is 10.4. The van der Waals surface area contributed by atoms with Crippen molar-refractivity contribution in [3.63, 3.8) is 0 Å². The number of carbonyl (C=O) groups is 1. The predicted molar refractivity (Wildman–Crippen MR) is 111 cm³/mol. The van der Waals surface area contributed by atoms with Gasteiger partial charge in [-0.1, -0.05) is 11.6 Å². The molecule has 0 radical (unpaired) electrons. The van der Waals surface area contributed by atoms with Crippen LogP contribution in [-0.4, -0.2) is 41.1 Å². The van der Waals surface area contributed by atoms with Crippen molar-refractivity contribution in [3.05, 3.63) is 11.6 Å². The summed E-state index contributed by atoms with van der Waals surface area (Å²) in [5, 5.41) is 7.59. The smallest absolute Gasteiger partial charge is 0.242 e. The van der Waals surface area contributed by atoms with Crippen molar-refractivity contribution in [1.82, 2.24) is 15.5 Å². The van der Waals surface area contributed by atoms with Crippen molar-refractivity contribution in [3.8, 4) is 0 Å². The minimum Gasteiger partial charge on any atom is -0.357 e. The van der Waals surface area contributed by atoms with Crippen LogP contribution in [0.1, 0.15) is 64.2 Å². The molecule has 1 heterocycles. The van der Waals surface area contributed by atoms with Crippen LogP contribution in [0.3, 0.4) is 0 Å². The average molecular weight is 388 g/mol. The molecule has 0 aromatic carbocycles. The summed E-state index contributed by atoms with van der Waals surface area (Å²) in [6, 6.07) is 0. The molecule has 5 fully saturated rings. The molecular formula is C22H33N3OS. The molecule has 1 saturated heterocycles. The number of thiocarbonyl (C=S) groups is 1. The molecule has 1 unspecified atom stereocenters. The van der Waals surface area contributed by atoms with Gasteiger partial charge < -0.3 is 15.5 Å². The molecule has 4 nitrogen and oxygen atoms in total. The lowest BCUT2D eigenvalue weighted by atomic mass is 9.53. The summed E-state index contributed by atoms with van der Waals surface area (Å²) < 4.78 is 0. The van der Waals surface area contributed by atoms with Crippen molar-refractivity contribution < 1.29 is 4.79 Å². The number of piperidine rings is 1. The van der Waals surface area contributed by atoms with Gasteiger partial charge in [-0.25, -0.2) is 0 Å². The van der Waals surface area contributed by atoms with Gasteiger partial charge in [0.25, 0.3) is 0 Å². The third-order valence-electron chi connectivity index (χ3n) is 7.98. The minimum atomic E-state index is 0.189. The highest BCUT2D eigenvalue weighted by Gasteiger charge is 2.51. The second-order valence-electron chi connectivity index (χ2n) is 10.0. The number of carbonyl (C=O) groups excluding carboxylic acids is 1. The molecule has 0 aromatic rings. The number of allylic oxidation sites excluding steroid dienone is 1. The highest BCUT2D eigenvalue weighted by molar-refractivity contribution is 7.80. The zero-order valence-electron chi connectivity index (χ0n) is 16.3. The molecule has 1 amide bonds. The molecule has 0 spiro atoms. The summed E-state index contributed by atoms with van der Waals surface area (Å²) in [4.78, 5) is 14.7. The molecule has 5 heteroatoms. The molecule has 6 rings (SSSR count). The molecule has 0 aromatic heterocycles. The minimum absolute atomic E-state index is 0.189. The van der Waals surface area contributed by atoms with Gasteiger partial charge in [-0.2, -0.15) is 0 Å². The molecule has 4 bridgehead atoms. The van der Waals surface area contributed by atoms with E-state index in [1.54, 1.807) is 0 Å². The Labute approximate surface area is 168 Å². The maximum atomic E-state index is 12.7. The Morgan fingerprint density at radius 3 is 2.56 bits per heavy atom. The Morgan fingerprint density at radius 1 is 1.15 bits per heavy atom. The Morgan fingerprint density at radius 2 is 1.85 bits per heavy atom. The SMILES string of the molecule is O=C(CNC(=S)NC12CC3CC(CC(C3)C1)C2)N1CCC2CCCC=C2C1. The van der Waals surface area contributed by atoms with Crippen LogP contribution in [0.25, 0.3) is 0 Å². The van der Waals surface area contributed by atoms with Crippen LogP contribution >= 0.6 is 12.2 Å². The van der Waals surface area contributed by atoms with E-state index in [-0.39, 0.29) is 11.4 Å². The van der Waals surface area contributed by atoms with Gasteiger partial charge in [-0.15, -0.1) is 0 Å². The number of hydrogen-bond donors (Lipinski definition) is 2. The fourth-order valence-electron chi connectivity index (χ4n) is 7.17. The molecular weight excluding hydrogens is 354 g/mol. The van der Waals surface area contributed by atoms with E-state index in [0.717, 1.165) is 43.2 Å². The van der Waals surface area contributed by atoms with Crippen LogP contribution in [-0.2, 0) is 4.79 Å². The molecule has 1 atom stereocenters. The van der Waals surface area contributed by atoms with Crippen molar-refractivity contribution >= 4 is 23.2 Å². The van der Waals surface area contributed by atoms with Crippen molar-refractivity contribution in [2.24, 2.45) is 23.7 Å². The fourth-order valence-corrected chi connectivity index (χ4v) is 7.46. The predicted octanol–water partition coefficient (Wildman–Crippen LogP) is 3.38. The Balaban J connectivity index is 1.12. The average Bonchev–Trinajstić information content (AvgIpc) is 2.64. The third kappa shape index (κ3) is 3.64. The van der Waals surface area contributed by atoms with E-state index in [1.807, 2.05) is 4.90 Å². The summed E-state index contributed by atoms with van der Waals surface area (Å²) in [7, 11) is 0. The zero-order chi connectivity index (χ0) is 18.4. The third-order valence-corrected chi connectivity index (χ3v) is 8.22. The van der Waals surface area contributed by atoms with Crippen molar-refractivity contribution in [2.75, 3.05) is 19.6 Å². The maximum absolute atomic E-state index is 12.7. The topological polar surface area (TPSA) is 44.4 Å². The van der Waals surface area contributed by atoms with Crippen LogP contribution in [0.2, 0.25) is 0 Å². The first-order chi connectivity index (χ1) is 13.1. The number of nitrogens with zero attached hydrogens (tertiary/aromatic N) is 1. The lowest BCUT2D eigenvalue weighted by Crippen LogP contribution is -2.61. The summed E-state index contributed by atoms with van der Waals surface area (Å²) >= 11 is 5.60. The number of fused-ring (bicyclic) bond motifs is 1. The van der Waals surface area contributed by atoms with Crippen LogP contribution in [0.15, 0.2) is 11.6 Å². The molecule has 6 aliphatic rings. The van der Waals surface area contributed by atoms with Crippen LogP contribution < -0.4 is 10.6 Å². The molecule has 148 valence electrons. The van der Waals surface area contributed by atoms with Gasteiger partial charge in [0.1, 0.15) is 0 Å². The quantitative estimate of drug-likeness (QED) is 0.576. The van der Waals surface area contributed by atoms with Gasteiger partial charge in [-0.05, 0) is 100 Å². The van der Waals surface area contributed by atoms with Crippen LogP contribution in [0.4, 0.5) is 0 Å². The fraction of sp³-hybridized carbons (Fsp3) is 0.818. The highest BCUT2D eigenvalue weighted by Crippen LogP contribution is 2.55. The first-order valence-electron chi connectivity index (χ1n) is 11.1. The zero-order valence-corrected chi connectivity index (χ0v) is 17.2. The first kappa shape index (κ1) is 18.0. The Kier molecular flexibility index (Phi) is 4.69. The van der Waals surface area contributed by atoms with E-state index < -0.39 is 0 Å². The number of rotatable bonds is 3. The van der Waals surface area contributed by atoms with E-state index in [9.17, 15) is 4.79 Å². The largest absolute Gasteiger partial charge is 0.357 e. The van der Waals surface area contributed by atoms with E-state index >= 15 is 0 Å². The summed E-state index contributed by atoms with van der Waals surface area (Å²) in [5.41, 5.74) is 1.71. The molecule has 4 saturated carbocycles. The lowest BCUT2D eigenvalue weighted by molar-refractivity contribution is -0.130. The standard InChI is InChI=1S/C22H33N3OS/c26-20(25-6-5-18-3-1-2-4-19(18)14-25)13-23-21(27)24-22-10-15-7-16(11-22)9-17(8-15)12-22/h4,15-18H,1-3,5-14H2,(H2,23,24,27). The van der Waals surface area contributed by atoms with E-state index in [4.69, 9.17) is 12.2 Å². The maximum Gasteiger partial charge on any atom is 0.242 e. The summed E-state index contributed by atoms with van der Waals surface area (Å²) in [5.74, 6) is 3.62. The summed E-state index contributed by atoms with van der Waals surface area (Å²) in [6.45, 7) is 2.06. The first-order valence-corrected chi connectivity index (χ1v) is 11.5. The normalized spacial score (nSPS) is 39.6. The monoisotopic (exact) mass is 387 g/mol. The Hall–Kier alpha value is -1.10. The van der Waals surface area contributed by atoms with Gasteiger partial charge in [-0.3, -0.25) is 4.79 Å². The molecule has 27 heavy (non-hydrogen) atoms. The van der Waals surface area contributed by atoms with Gasteiger partial charge in [0.2, 0.25) is 5.91 Å². The number of amides is 1. The number of hydrogen-bond acceptors (Lipinski definition) is 2. The van der Waals surface area contributed by atoms with Gasteiger partial charge >= 0.3 is 0 Å². The lowest BCUT2D eigenvalue weighted by Gasteiger charge is -2.57. The van der Waals surface area contributed by atoms with Gasteiger partial charge in [0, 0.05) is 18.6 Å².